The van der Waals surface area contributed by atoms with Gasteiger partial charge in [0, 0.05) is 17.0 Å². The molecule has 0 saturated carbocycles. The third-order valence-electron chi connectivity index (χ3n) is 3.50. The molecule has 2 rings (SSSR count). The SMILES string of the molecule is CCNCCc1sc(CCC(C)C)nc1-c1ccccc1. The van der Waals surface area contributed by atoms with Crippen LogP contribution in [0.5, 0.6) is 0 Å². The first kappa shape index (κ1) is 16.2. The minimum absolute atomic E-state index is 0.735. The van der Waals surface area contributed by atoms with Crippen LogP contribution in [0.2, 0.25) is 0 Å². The molecular formula is C18H26N2S. The predicted octanol–water partition coefficient (Wildman–Crippen LogP) is 4.55. The van der Waals surface area contributed by atoms with Gasteiger partial charge in [-0.1, -0.05) is 51.1 Å². The van der Waals surface area contributed by atoms with Crippen molar-refractivity contribution in [3.8, 4) is 11.3 Å². The zero-order valence-corrected chi connectivity index (χ0v) is 14.2. The highest BCUT2D eigenvalue weighted by Gasteiger charge is 2.13. The topological polar surface area (TPSA) is 24.9 Å². The first-order chi connectivity index (χ1) is 10.2. The molecule has 1 aromatic heterocycles. The highest BCUT2D eigenvalue weighted by atomic mass is 32.1. The lowest BCUT2D eigenvalue weighted by Crippen LogP contribution is -2.15. The van der Waals surface area contributed by atoms with Crippen molar-refractivity contribution in [2.24, 2.45) is 5.92 Å². The second-order valence-electron chi connectivity index (χ2n) is 5.78. The fourth-order valence-electron chi connectivity index (χ4n) is 2.29. The maximum Gasteiger partial charge on any atom is 0.0935 e. The predicted molar refractivity (Wildman–Crippen MR) is 93.0 cm³/mol. The third-order valence-corrected chi connectivity index (χ3v) is 4.68. The van der Waals surface area contributed by atoms with Crippen molar-refractivity contribution in [2.75, 3.05) is 13.1 Å². The molecule has 1 N–H and O–H groups in total. The zero-order valence-electron chi connectivity index (χ0n) is 13.4. The second-order valence-corrected chi connectivity index (χ2v) is 6.95. The molecule has 0 fully saturated rings. The van der Waals surface area contributed by atoms with Crippen molar-refractivity contribution in [3.63, 3.8) is 0 Å². The minimum Gasteiger partial charge on any atom is -0.317 e. The van der Waals surface area contributed by atoms with Gasteiger partial charge in [0.1, 0.15) is 0 Å². The Hall–Kier alpha value is -1.19. The summed E-state index contributed by atoms with van der Waals surface area (Å²) < 4.78 is 0. The number of likely N-dealkylation sites (N-methyl/N-ethyl adjacent to an activating group) is 1. The van der Waals surface area contributed by atoms with Crippen LogP contribution < -0.4 is 5.32 Å². The summed E-state index contributed by atoms with van der Waals surface area (Å²) in [6.45, 7) is 8.76. The summed E-state index contributed by atoms with van der Waals surface area (Å²) in [6.07, 6.45) is 3.38. The largest absolute Gasteiger partial charge is 0.317 e. The average molecular weight is 302 g/mol. The van der Waals surface area contributed by atoms with Crippen LogP contribution in [0, 0.1) is 5.92 Å². The van der Waals surface area contributed by atoms with E-state index in [9.17, 15) is 0 Å². The van der Waals surface area contributed by atoms with E-state index < -0.39 is 0 Å². The molecule has 0 spiro atoms. The number of aromatic nitrogens is 1. The molecule has 21 heavy (non-hydrogen) atoms. The number of rotatable bonds is 8. The Morgan fingerprint density at radius 1 is 1.14 bits per heavy atom. The van der Waals surface area contributed by atoms with E-state index in [0.29, 0.717) is 0 Å². The summed E-state index contributed by atoms with van der Waals surface area (Å²) in [5.41, 5.74) is 2.44. The molecule has 2 nitrogen and oxygen atoms in total. The fraction of sp³-hybridized carbons (Fsp3) is 0.500. The van der Waals surface area contributed by atoms with E-state index in [1.54, 1.807) is 0 Å². The van der Waals surface area contributed by atoms with Crippen LogP contribution in [0.15, 0.2) is 30.3 Å². The fourth-order valence-corrected chi connectivity index (χ4v) is 3.39. The molecule has 1 aromatic carbocycles. The van der Waals surface area contributed by atoms with Crippen LogP contribution in [0.1, 0.15) is 37.1 Å². The van der Waals surface area contributed by atoms with E-state index in [1.165, 1.54) is 27.6 Å². The Kier molecular flexibility index (Phi) is 6.40. The molecule has 3 heteroatoms. The van der Waals surface area contributed by atoms with Gasteiger partial charge >= 0.3 is 0 Å². The molecule has 0 bridgehead atoms. The molecule has 0 aliphatic heterocycles. The molecular weight excluding hydrogens is 276 g/mol. The summed E-state index contributed by atoms with van der Waals surface area (Å²) in [5.74, 6) is 0.735. The number of nitrogens with zero attached hydrogens (tertiary/aromatic N) is 1. The van der Waals surface area contributed by atoms with Gasteiger partial charge in [-0.2, -0.15) is 0 Å². The summed E-state index contributed by atoms with van der Waals surface area (Å²) in [6, 6.07) is 10.6. The van der Waals surface area contributed by atoms with Gasteiger partial charge in [-0.3, -0.25) is 0 Å². The molecule has 0 aliphatic rings. The summed E-state index contributed by atoms with van der Waals surface area (Å²) in [7, 11) is 0. The van der Waals surface area contributed by atoms with E-state index in [4.69, 9.17) is 4.98 Å². The Bertz CT molecular complexity index is 531. The molecule has 114 valence electrons. The van der Waals surface area contributed by atoms with E-state index >= 15 is 0 Å². The van der Waals surface area contributed by atoms with Gasteiger partial charge in [-0.05, 0) is 31.7 Å². The van der Waals surface area contributed by atoms with Crippen molar-refractivity contribution >= 4 is 11.3 Å². The summed E-state index contributed by atoms with van der Waals surface area (Å²) in [5, 5.41) is 4.70. The molecule has 0 radical (unpaired) electrons. The quantitative estimate of drug-likeness (QED) is 0.724. The molecule has 1 heterocycles. The standard InChI is InChI=1S/C18H26N2S/c1-4-19-13-12-16-18(15-8-6-5-7-9-15)20-17(21-16)11-10-14(2)3/h5-9,14,19H,4,10-13H2,1-3H3. The highest BCUT2D eigenvalue weighted by Crippen LogP contribution is 2.29. The lowest BCUT2D eigenvalue weighted by Gasteiger charge is -2.03. The Morgan fingerprint density at radius 3 is 2.57 bits per heavy atom. The summed E-state index contributed by atoms with van der Waals surface area (Å²) in [4.78, 5) is 6.34. The lowest BCUT2D eigenvalue weighted by atomic mass is 10.1. The number of nitrogens with one attached hydrogen (secondary N) is 1. The Labute approximate surface area is 132 Å². The van der Waals surface area contributed by atoms with Gasteiger partial charge in [0.2, 0.25) is 0 Å². The number of hydrogen-bond acceptors (Lipinski definition) is 3. The average Bonchev–Trinajstić information content (AvgIpc) is 2.90. The minimum atomic E-state index is 0.735. The van der Waals surface area contributed by atoms with Crippen LogP contribution >= 0.6 is 11.3 Å². The number of aryl methyl sites for hydroxylation is 1. The maximum atomic E-state index is 4.92. The second kappa shape index (κ2) is 8.30. The van der Waals surface area contributed by atoms with Gasteiger partial charge < -0.3 is 5.32 Å². The van der Waals surface area contributed by atoms with Crippen molar-refractivity contribution < 1.29 is 0 Å². The molecule has 0 unspecified atom stereocenters. The normalized spacial score (nSPS) is 11.2. The van der Waals surface area contributed by atoms with Crippen LogP contribution in [-0.2, 0) is 12.8 Å². The van der Waals surface area contributed by atoms with Gasteiger partial charge in [0.05, 0.1) is 10.7 Å². The van der Waals surface area contributed by atoms with E-state index in [0.717, 1.165) is 31.8 Å². The molecule has 0 aliphatic carbocycles. The maximum absolute atomic E-state index is 4.92. The Balaban J connectivity index is 2.19. The van der Waals surface area contributed by atoms with Gasteiger partial charge in [-0.25, -0.2) is 4.98 Å². The molecule has 0 saturated heterocycles. The third kappa shape index (κ3) is 4.94. The van der Waals surface area contributed by atoms with Crippen LogP contribution in [0.4, 0.5) is 0 Å². The molecule has 0 amide bonds. The smallest absolute Gasteiger partial charge is 0.0935 e. The number of thiazole rings is 1. The monoisotopic (exact) mass is 302 g/mol. The van der Waals surface area contributed by atoms with Crippen molar-refractivity contribution in [3.05, 3.63) is 40.2 Å². The van der Waals surface area contributed by atoms with Gasteiger partial charge in [-0.15, -0.1) is 11.3 Å². The van der Waals surface area contributed by atoms with E-state index in [2.05, 4.69) is 56.4 Å². The van der Waals surface area contributed by atoms with Crippen LogP contribution in [0.25, 0.3) is 11.3 Å². The first-order valence-electron chi connectivity index (χ1n) is 7.95. The van der Waals surface area contributed by atoms with Crippen LogP contribution in [-0.4, -0.2) is 18.1 Å². The van der Waals surface area contributed by atoms with Gasteiger partial charge in [0.15, 0.2) is 0 Å². The van der Waals surface area contributed by atoms with Crippen molar-refractivity contribution in [1.82, 2.24) is 10.3 Å². The van der Waals surface area contributed by atoms with Gasteiger partial charge in [0.25, 0.3) is 0 Å². The zero-order chi connectivity index (χ0) is 15.1. The number of hydrogen-bond donors (Lipinski definition) is 1. The Morgan fingerprint density at radius 2 is 1.90 bits per heavy atom. The van der Waals surface area contributed by atoms with Crippen LogP contribution in [0.3, 0.4) is 0 Å². The molecule has 0 atom stereocenters. The van der Waals surface area contributed by atoms with E-state index in [-0.39, 0.29) is 0 Å². The van der Waals surface area contributed by atoms with E-state index in [1.807, 2.05) is 11.3 Å². The first-order valence-corrected chi connectivity index (χ1v) is 8.77. The van der Waals surface area contributed by atoms with Crippen molar-refractivity contribution in [1.29, 1.82) is 0 Å². The number of benzene rings is 1. The molecule has 2 aromatic rings. The summed E-state index contributed by atoms with van der Waals surface area (Å²) >= 11 is 1.90. The highest BCUT2D eigenvalue weighted by molar-refractivity contribution is 7.12. The van der Waals surface area contributed by atoms with Crippen molar-refractivity contribution in [2.45, 2.75) is 40.0 Å². The lowest BCUT2D eigenvalue weighted by molar-refractivity contribution is 0.585.